The molecule has 5 heteroatoms. The Hall–Kier alpha value is -2.14. The first-order valence-corrected chi connectivity index (χ1v) is 7.12. The van der Waals surface area contributed by atoms with Crippen LogP contribution in [0.2, 0.25) is 0 Å². The molecule has 2 rings (SSSR count). The Bertz CT molecular complexity index is 616. The highest BCUT2D eigenvalue weighted by Crippen LogP contribution is 2.11. The second-order valence-corrected chi connectivity index (χ2v) is 5.61. The molecule has 2 aromatic rings. The number of thiazole rings is 1. The second kappa shape index (κ2) is 6.34. The van der Waals surface area contributed by atoms with Crippen molar-refractivity contribution < 1.29 is 4.79 Å². The summed E-state index contributed by atoms with van der Waals surface area (Å²) >= 11 is 1.59. The molecule has 0 aliphatic carbocycles. The smallest absolute Gasteiger partial charge is 0.246 e. The summed E-state index contributed by atoms with van der Waals surface area (Å²) in [6.45, 7) is 2.48. The van der Waals surface area contributed by atoms with Crippen molar-refractivity contribution in [3.63, 3.8) is 0 Å². The molecule has 1 amide bonds. The van der Waals surface area contributed by atoms with E-state index in [2.05, 4.69) is 4.98 Å². The van der Waals surface area contributed by atoms with Gasteiger partial charge in [0.15, 0.2) is 0 Å². The Morgan fingerprint density at radius 3 is 2.70 bits per heavy atom. The predicted molar refractivity (Wildman–Crippen MR) is 83.2 cm³/mol. The van der Waals surface area contributed by atoms with Crippen molar-refractivity contribution in [2.75, 3.05) is 12.8 Å². The van der Waals surface area contributed by atoms with Crippen molar-refractivity contribution >= 4 is 29.0 Å². The number of aryl methyl sites for hydroxylation is 1. The predicted octanol–water partition coefficient (Wildman–Crippen LogP) is 2.71. The van der Waals surface area contributed by atoms with Crippen LogP contribution in [0.15, 0.2) is 35.7 Å². The number of hydrogen-bond acceptors (Lipinski definition) is 4. The Kier molecular flexibility index (Phi) is 4.53. The highest BCUT2D eigenvalue weighted by atomic mass is 32.1. The summed E-state index contributed by atoms with van der Waals surface area (Å²) in [4.78, 5) is 18.0. The maximum absolute atomic E-state index is 12.0. The van der Waals surface area contributed by atoms with E-state index < -0.39 is 0 Å². The quantitative estimate of drug-likeness (QED) is 0.695. The van der Waals surface area contributed by atoms with Gasteiger partial charge in [0.1, 0.15) is 0 Å². The molecule has 104 valence electrons. The van der Waals surface area contributed by atoms with Gasteiger partial charge in [-0.05, 0) is 30.7 Å². The molecular formula is C15H17N3OS. The van der Waals surface area contributed by atoms with Crippen LogP contribution in [-0.2, 0) is 11.3 Å². The lowest BCUT2D eigenvalue weighted by atomic mass is 10.2. The Labute approximate surface area is 122 Å². The Morgan fingerprint density at radius 2 is 2.10 bits per heavy atom. The van der Waals surface area contributed by atoms with Crippen molar-refractivity contribution in [1.29, 1.82) is 0 Å². The molecule has 0 aliphatic rings. The number of carbonyl (C=O) groups excluding carboxylic acids is 1. The van der Waals surface area contributed by atoms with Gasteiger partial charge in [0.25, 0.3) is 0 Å². The monoisotopic (exact) mass is 287 g/mol. The SMILES string of the molecule is Cc1nc(CN(C)C(=O)/C=C/c2ccc(N)cc2)cs1. The minimum atomic E-state index is -0.0486. The van der Waals surface area contributed by atoms with Crippen molar-refractivity contribution in [3.8, 4) is 0 Å². The highest BCUT2D eigenvalue weighted by Gasteiger charge is 2.07. The number of rotatable bonds is 4. The second-order valence-electron chi connectivity index (χ2n) is 4.55. The molecule has 0 saturated carbocycles. The van der Waals surface area contributed by atoms with Crippen LogP contribution in [-0.4, -0.2) is 22.8 Å². The molecule has 20 heavy (non-hydrogen) atoms. The van der Waals surface area contributed by atoms with E-state index in [0.717, 1.165) is 16.3 Å². The maximum Gasteiger partial charge on any atom is 0.246 e. The van der Waals surface area contributed by atoms with Crippen molar-refractivity contribution in [3.05, 3.63) is 52.0 Å². The number of hydrogen-bond donors (Lipinski definition) is 1. The molecule has 0 bridgehead atoms. The third kappa shape index (κ3) is 3.93. The summed E-state index contributed by atoms with van der Waals surface area (Å²) in [6.07, 6.45) is 3.34. The molecule has 0 spiro atoms. The van der Waals surface area contributed by atoms with E-state index in [-0.39, 0.29) is 5.91 Å². The Morgan fingerprint density at radius 1 is 1.40 bits per heavy atom. The van der Waals surface area contributed by atoms with Crippen LogP contribution in [0.3, 0.4) is 0 Å². The van der Waals surface area contributed by atoms with Gasteiger partial charge in [-0.25, -0.2) is 4.98 Å². The van der Waals surface area contributed by atoms with E-state index in [1.807, 2.05) is 36.6 Å². The average molecular weight is 287 g/mol. The van der Waals surface area contributed by atoms with Gasteiger partial charge in [-0.3, -0.25) is 4.79 Å². The zero-order valence-electron chi connectivity index (χ0n) is 11.5. The molecule has 1 aromatic heterocycles. The molecular weight excluding hydrogens is 270 g/mol. The molecule has 1 heterocycles. The molecule has 0 saturated heterocycles. The number of benzene rings is 1. The van der Waals surface area contributed by atoms with Gasteiger partial charge in [0, 0.05) is 24.2 Å². The van der Waals surface area contributed by atoms with Crippen molar-refractivity contribution in [1.82, 2.24) is 9.88 Å². The van der Waals surface area contributed by atoms with Gasteiger partial charge in [0.2, 0.25) is 5.91 Å². The first-order chi connectivity index (χ1) is 9.54. The van der Waals surface area contributed by atoms with Crippen LogP contribution >= 0.6 is 11.3 Å². The summed E-state index contributed by atoms with van der Waals surface area (Å²) in [5.41, 5.74) is 8.20. The summed E-state index contributed by atoms with van der Waals surface area (Å²) < 4.78 is 0. The number of carbonyl (C=O) groups is 1. The average Bonchev–Trinajstić information content (AvgIpc) is 2.83. The van der Waals surface area contributed by atoms with Crippen LogP contribution < -0.4 is 5.73 Å². The lowest BCUT2D eigenvalue weighted by Gasteiger charge is -2.13. The van der Waals surface area contributed by atoms with E-state index in [0.29, 0.717) is 12.2 Å². The summed E-state index contributed by atoms with van der Waals surface area (Å²) in [7, 11) is 1.77. The van der Waals surface area contributed by atoms with E-state index in [1.165, 1.54) is 0 Å². The van der Waals surface area contributed by atoms with Crippen LogP contribution in [0.1, 0.15) is 16.3 Å². The molecule has 0 radical (unpaired) electrons. The molecule has 0 fully saturated rings. The van der Waals surface area contributed by atoms with E-state index in [9.17, 15) is 4.79 Å². The third-order valence-electron chi connectivity index (χ3n) is 2.80. The van der Waals surface area contributed by atoms with Crippen LogP contribution in [0.5, 0.6) is 0 Å². The molecule has 4 nitrogen and oxygen atoms in total. The zero-order valence-corrected chi connectivity index (χ0v) is 12.4. The fourth-order valence-corrected chi connectivity index (χ4v) is 2.31. The van der Waals surface area contributed by atoms with E-state index >= 15 is 0 Å². The van der Waals surface area contributed by atoms with Crippen LogP contribution in [0.4, 0.5) is 5.69 Å². The van der Waals surface area contributed by atoms with Gasteiger partial charge in [0.05, 0.1) is 17.2 Å². The minimum absolute atomic E-state index is 0.0486. The van der Waals surface area contributed by atoms with E-state index in [4.69, 9.17) is 5.73 Å². The van der Waals surface area contributed by atoms with Gasteiger partial charge in [-0.2, -0.15) is 0 Å². The molecule has 1 aromatic carbocycles. The number of likely N-dealkylation sites (N-methyl/N-ethyl adjacent to an activating group) is 1. The highest BCUT2D eigenvalue weighted by molar-refractivity contribution is 7.09. The number of nitrogens with zero attached hydrogens (tertiary/aromatic N) is 2. The normalized spacial score (nSPS) is 10.9. The molecule has 0 aliphatic heterocycles. The van der Waals surface area contributed by atoms with Crippen LogP contribution in [0, 0.1) is 6.92 Å². The van der Waals surface area contributed by atoms with Crippen molar-refractivity contribution in [2.24, 2.45) is 0 Å². The van der Waals surface area contributed by atoms with E-state index in [1.54, 1.807) is 35.4 Å². The fraction of sp³-hybridized carbons (Fsp3) is 0.200. The molecule has 2 N–H and O–H groups in total. The zero-order chi connectivity index (χ0) is 14.5. The number of anilines is 1. The van der Waals surface area contributed by atoms with Crippen molar-refractivity contribution in [2.45, 2.75) is 13.5 Å². The number of amides is 1. The standard InChI is InChI=1S/C15H17N3OS/c1-11-17-14(10-20-11)9-18(2)15(19)8-5-12-3-6-13(16)7-4-12/h3-8,10H,9,16H2,1-2H3/b8-5+. The Balaban J connectivity index is 1.95. The first kappa shape index (κ1) is 14.3. The lowest BCUT2D eigenvalue weighted by molar-refractivity contribution is -0.125. The fourth-order valence-electron chi connectivity index (χ4n) is 1.70. The van der Waals surface area contributed by atoms with Gasteiger partial charge >= 0.3 is 0 Å². The van der Waals surface area contributed by atoms with Crippen LogP contribution in [0.25, 0.3) is 6.08 Å². The number of aromatic nitrogens is 1. The molecule has 0 atom stereocenters. The largest absolute Gasteiger partial charge is 0.399 e. The minimum Gasteiger partial charge on any atom is -0.399 e. The van der Waals surface area contributed by atoms with Gasteiger partial charge in [-0.15, -0.1) is 11.3 Å². The van der Waals surface area contributed by atoms with Gasteiger partial charge in [-0.1, -0.05) is 12.1 Å². The molecule has 0 unspecified atom stereocenters. The summed E-state index contributed by atoms with van der Waals surface area (Å²) in [5.74, 6) is -0.0486. The number of nitrogens with two attached hydrogens (primary N) is 1. The topological polar surface area (TPSA) is 59.2 Å². The lowest BCUT2D eigenvalue weighted by Crippen LogP contribution is -2.24. The third-order valence-corrected chi connectivity index (χ3v) is 3.62. The van der Waals surface area contributed by atoms with Gasteiger partial charge < -0.3 is 10.6 Å². The maximum atomic E-state index is 12.0. The first-order valence-electron chi connectivity index (χ1n) is 6.24. The number of nitrogen functional groups attached to an aromatic ring is 1. The summed E-state index contributed by atoms with van der Waals surface area (Å²) in [6, 6.07) is 7.38. The summed E-state index contributed by atoms with van der Waals surface area (Å²) in [5, 5.41) is 2.99.